The largest absolute Gasteiger partial charge is 0.368 e. The van der Waals surface area contributed by atoms with E-state index in [1.54, 1.807) is 23.1 Å². The summed E-state index contributed by atoms with van der Waals surface area (Å²) >= 11 is 3.42. The number of hydrogen-bond acceptors (Lipinski definition) is 5. The van der Waals surface area contributed by atoms with Gasteiger partial charge in [0, 0.05) is 22.4 Å². The molecular formula is C12H9BrN6. The first-order valence-corrected chi connectivity index (χ1v) is 6.29. The van der Waals surface area contributed by atoms with Gasteiger partial charge in [-0.1, -0.05) is 28.1 Å². The zero-order valence-electron chi connectivity index (χ0n) is 9.73. The SMILES string of the molecule is Nc1nc(-c2cccc(Br)c2)nc(-n2cccn2)n1. The van der Waals surface area contributed by atoms with Gasteiger partial charge in [0.25, 0.3) is 5.95 Å². The third-order valence-electron chi connectivity index (χ3n) is 2.43. The Bertz CT molecular complexity index is 710. The van der Waals surface area contributed by atoms with Crippen molar-refractivity contribution >= 4 is 21.9 Å². The van der Waals surface area contributed by atoms with E-state index in [2.05, 4.69) is 36.0 Å². The van der Waals surface area contributed by atoms with Gasteiger partial charge in [-0.2, -0.15) is 20.1 Å². The number of nitrogens with zero attached hydrogens (tertiary/aromatic N) is 5. The van der Waals surface area contributed by atoms with Gasteiger partial charge in [0.2, 0.25) is 5.95 Å². The molecule has 0 unspecified atom stereocenters. The van der Waals surface area contributed by atoms with Gasteiger partial charge >= 0.3 is 0 Å². The Labute approximate surface area is 117 Å². The van der Waals surface area contributed by atoms with Crippen LogP contribution >= 0.6 is 15.9 Å². The lowest BCUT2D eigenvalue weighted by Gasteiger charge is -2.05. The van der Waals surface area contributed by atoms with Crippen LogP contribution in [0.15, 0.2) is 47.2 Å². The molecule has 0 saturated carbocycles. The van der Waals surface area contributed by atoms with Crippen LogP contribution in [-0.2, 0) is 0 Å². The Hall–Kier alpha value is -2.28. The van der Waals surface area contributed by atoms with E-state index in [1.807, 2.05) is 24.3 Å². The number of nitrogen functional groups attached to an aromatic ring is 1. The molecule has 2 aromatic heterocycles. The first-order chi connectivity index (χ1) is 9.22. The Morgan fingerprint density at radius 1 is 1.11 bits per heavy atom. The number of anilines is 1. The summed E-state index contributed by atoms with van der Waals surface area (Å²) in [5.74, 6) is 1.07. The quantitative estimate of drug-likeness (QED) is 0.782. The van der Waals surface area contributed by atoms with Gasteiger partial charge < -0.3 is 5.73 Å². The highest BCUT2D eigenvalue weighted by Gasteiger charge is 2.08. The molecular weight excluding hydrogens is 308 g/mol. The van der Waals surface area contributed by atoms with Crippen LogP contribution < -0.4 is 5.73 Å². The minimum Gasteiger partial charge on any atom is -0.368 e. The molecule has 1 aromatic carbocycles. The molecule has 94 valence electrons. The van der Waals surface area contributed by atoms with Crippen LogP contribution in [0.4, 0.5) is 5.95 Å². The maximum absolute atomic E-state index is 5.73. The molecule has 2 heterocycles. The molecule has 0 fully saturated rings. The monoisotopic (exact) mass is 316 g/mol. The van der Waals surface area contributed by atoms with Crippen LogP contribution in [0.1, 0.15) is 0 Å². The normalized spacial score (nSPS) is 10.6. The second-order valence-corrected chi connectivity index (χ2v) is 4.69. The smallest absolute Gasteiger partial charge is 0.255 e. The summed E-state index contributed by atoms with van der Waals surface area (Å²) in [4.78, 5) is 12.6. The van der Waals surface area contributed by atoms with E-state index in [4.69, 9.17) is 5.73 Å². The fraction of sp³-hybridized carbons (Fsp3) is 0. The van der Waals surface area contributed by atoms with E-state index in [0.29, 0.717) is 11.8 Å². The van der Waals surface area contributed by atoms with Crippen molar-refractivity contribution in [1.29, 1.82) is 0 Å². The van der Waals surface area contributed by atoms with Crippen LogP contribution in [0.25, 0.3) is 17.3 Å². The summed E-state index contributed by atoms with van der Waals surface area (Å²) < 4.78 is 2.49. The number of halogens is 1. The molecule has 0 bridgehead atoms. The van der Waals surface area contributed by atoms with Gasteiger partial charge in [0.1, 0.15) is 0 Å². The van der Waals surface area contributed by atoms with Crippen molar-refractivity contribution in [2.45, 2.75) is 0 Å². The van der Waals surface area contributed by atoms with Crippen molar-refractivity contribution < 1.29 is 0 Å². The van der Waals surface area contributed by atoms with Crippen molar-refractivity contribution in [2.75, 3.05) is 5.73 Å². The van der Waals surface area contributed by atoms with Crippen LogP contribution in [0.2, 0.25) is 0 Å². The summed E-state index contributed by atoms with van der Waals surface area (Å²) in [6.07, 6.45) is 3.40. The molecule has 0 aliphatic heterocycles. The van der Waals surface area contributed by atoms with Crippen molar-refractivity contribution in [3.8, 4) is 17.3 Å². The predicted molar refractivity (Wildman–Crippen MR) is 74.5 cm³/mol. The molecule has 0 aliphatic carbocycles. The average molecular weight is 317 g/mol. The lowest BCUT2D eigenvalue weighted by molar-refractivity contribution is 0.801. The molecule has 3 rings (SSSR count). The van der Waals surface area contributed by atoms with Crippen molar-refractivity contribution in [2.24, 2.45) is 0 Å². The van der Waals surface area contributed by atoms with Crippen molar-refractivity contribution in [3.05, 3.63) is 47.2 Å². The van der Waals surface area contributed by atoms with Gasteiger partial charge in [0.15, 0.2) is 5.82 Å². The average Bonchev–Trinajstić information content (AvgIpc) is 2.92. The minimum atomic E-state index is 0.162. The van der Waals surface area contributed by atoms with Gasteiger partial charge in [0.05, 0.1) is 0 Å². The van der Waals surface area contributed by atoms with E-state index in [0.717, 1.165) is 10.0 Å². The highest BCUT2D eigenvalue weighted by atomic mass is 79.9. The van der Waals surface area contributed by atoms with Crippen LogP contribution in [0.3, 0.4) is 0 Å². The number of hydrogen-bond donors (Lipinski definition) is 1. The summed E-state index contributed by atoms with van der Waals surface area (Å²) in [6.45, 7) is 0. The fourth-order valence-corrected chi connectivity index (χ4v) is 2.03. The molecule has 0 aliphatic rings. The molecule has 0 saturated heterocycles. The van der Waals surface area contributed by atoms with Gasteiger partial charge in [-0.15, -0.1) is 0 Å². The van der Waals surface area contributed by atoms with Gasteiger partial charge in [-0.05, 0) is 18.2 Å². The maximum atomic E-state index is 5.73. The van der Waals surface area contributed by atoms with Crippen LogP contribution in [0.5, 0.6) is 0 Å². The van der Waals surface area contributed by atoms with Crippen molar-refractivity contribution in [1.82, 2.24) is 24.7 Å². The third kappa shape index (κ3) is 2.45. The van der Waals surface area contributed by atoms with Crippen molar-refractivity contribution in [3.63, 3.8) is 0 Å². The van der Waals surface area contributed by atoms with E-state index in [9.17, 15) is 0 Å². The molecule has 3 aromatic rings. The Morgan fingerprint density at radius 3 is 2.74 bits per heavy atom. The Kier molecular flexibility index (Phi) is 2.96. The number of benzene rings is 1. The van der Waals surface area contributed by atoms with Gasteiger partial charge in [-0.25, -0.2) is 4.68 Å². The standard InChI is InChI=1S/C12H9BrN6/c13-9-4-1-3-8(7-9)10-16-11(14)18-12(17-10)19-6-2-5-15-19/h1-7H,(H2,14,16,17,18). The lowest BCUT2D eigenvalue weighted by atomic mass is 10.2. The van der Waals surface area contributed by atoms with Crippen LogP contribution in [0, 0.1) is 0 Å². The molecule has 6 nitrogen and oxygen atoms in total. The third-order valence-corrected chi connectivity index (χ3v) is 2.93. The van der Waals surface area contributed by atoms with Crippen LogP contribution in [-0.4, -0.2) is 24.7 Å². The number of nitrogens with two attached hydrogens (primary N) is 1. The molecule has 0 radical (unpaired) electrons. The Balaban J connectivity index is 2.12. The molecule has 7 heteroatoms. The maximum Gasteiger partial charge on any atom is 0.255 e. The predicted octanol–water partition coefficient (Wildman–Crippen LogP) is 2.07. The number of rotatable bonds is 2. The molecule has 19 heavy (non-hydrogen) atoms. The molecule has 0 amide bonds. The number of aromatic nitrogens is 5. The highest BCUT2D eigenvalue weighted by Crippen LogP contribution is 2.20. The second kappa shape index (κ2) is 4.77. The van der Waals surface area contributed by atoms with E-state index in [1.165, 1.54) is 0 Å². The van der Waals surface area contributed by atoms with Gasteiger partial charge in [-0.3, -0.25) is 0 Å². The molecule has 0 atom stereocenters. The summed E-state index contributed by atoms with van der Waals surface area (Å²) in [5.41, 5.74) is 6.58. The first kappa shape index (κ1) is 11.8. The van der Waals surface area contributed by atoms with E-state index >= 15 is 0 Å². The van der Waals surface area contributed by atoms with E-state index < -0.39 is 0 Å². The molecule has 2 N–H and O–H groups in total. The minimum absolute atomic E-state index is 0.162. The zero-order chi connectivity index (χ0) is 13.2. The van der Waals surface area contributed by atoms with E-state index in [-0.39, 0.29) is 5.95 Å². The molecule has 0 spiro atoms. The second-order valence-electron chi connectivity index (χ2n) is 3.78. The highest BCUT2D eigenvalue weighted by molar-refractivity contribution is 9.10. The Morgan fingerprint density at radius 2 is 2.00 bits per heavy atom. The summed E-state index contributed by atoms with van der Waals surface area (Å²) in [6, 6.07) is 9.46. The summed E-state index contributed by atoms with van der Waals surface area (Å²) in [5, 5.41) is 4.08. The topological polar surface area (TPSA) is 82.5 Å². The lowest BCUT2D eigenvalue weighted by Crippen LogP contribution is -2.07. The fourth-order valence-electron chi connectivity index (χ4n) is 1.63. The first-order valence-electron chi connectivity index (χ1n) is 5.50. The zero-order valence-corrected chi connectivity index (χ0v) is 11.3. The summed E-state index contributed by atoms with van der Waals surface area (Å²) in [7, 11) is 0.